The van der Waals surface area contributed by atoms with E-state index in [0.717, 1.165) is 0 Å². The predicted octanol–water partition coefficient (Wildman–Crippen LogP) is 6.66. The van der Waals surface area contributed by atoms with Gasteiger partial charge in [0.05, 0.1) is 0 Å². The van der Waals surface area contributed by atoms with Gasteiger partial charge in [-0.3, -0.25) is 0 Å². The van der Waals surface area contributed by atoms with E-state index in [2.05, 4.69) is 4.74 Å². The Labute approximate surface area is 178 Å². The van der Waals surface area contributed by atoms with Crippen molar-refractivity contribution in [2.45, 2.75) is 24.7 Å². The molecule has 0 heterocycles. The van der Waals surface area contributed by atoms with Crippen molar-refractivity contribution in [3.63, 3.8) is 0 Å². The largest absolute Gasteiger partial charge is 0.507 e. The highest BCUT2D eigenvalue weighted by molar-refractivity contribution is 5.91. The third-order valence-electron chi connectivity index (χ3n) is 3.98. The van der Waals surface area contributed by atoms with Crippen LogP contribution in [-0.2, 0) is 24.7 Å². The van der Waals surface area contributed by atoms with Crippen molar-refractivity contribution >= 4 is 5.97 Å². The summed E-state index contributed by atoms with van der Waals surface area (Å²) in [7, 11) is 0. The third kappa shape index (κ3) is 5.01. The summed E-state index contributed by atoms with van der Waals surface area (Å²) in [5.74, 6) is -11.1. The van der Waals surface area contributed by atoms with Gasteiger partial charge in [-0.25, -0.2) is 4.79 Å². The molecule has 188 valence electrons. The molecule has 17 heteroatoms. The molecule has 34 heavy (non-hydrogen) atoms. The highest BCUT2D eigenvalue weighted by Gasteiger charge is 2.57. The van der Waals surface area contributed by atoms with Crippen molar-refractivity contribution < 1.29 is 77.5 Å². The lowest BCUT2D eigenvalue weighted by Crippen LogP contribution is -2.26. The van der Waals surface area contributed by atoms with E-state index in [9.17, 15) is 67.7 Å². The van der Waals surface area contributed by atoms with Crippen molar-refractivity contribution in [1.29, 1.82) is 0 Å². The fourth-order valence-corrected chi connectivity index (χ4v) is 2.78. The molecule has 0 bridgehead atoms. The SMILES string of the molecule is O=C(O)c1ccc(Oc2c(C(F)(F)F)c(C(F)(F)F)c(O)c(C(F)(F)F)c2C(F)(F)F)cc1O. The first kappa shape index (κ1) is 26.7. The maximum atomic E-state index is 13.5. The van der Waals surface area contributed by atoms with Crippen molar-refractivity contribution in [3.8, 4) is 23.0 Å². The summed E-state index contributed by atoms with van der Waals surface area (Å²) < 4.78 is 165. The molecule has 0 atom stereocenters. The summed E-state index contributed by atoms with van der Waals surface area (Å²) in [6.45, 7) is 0. The van der Waals surface area contributed by atoms with Crippen molar-refractivity contribution in [3.05, 3.63) is 46.0 Å². The van der Waals surface area contributed by atoms with E-state index in [4.69, 9.17) is 5.11 Å². The summed E-state index contributed by atoms with van der Waals surface area (Å²) in [5, 5.41) is 27.6. The first-order valence-electron chi connectivity index (χ1n) is 8.04. The number of alkyl halides is 12. The molecule has 0 amide bonds. The zero-order chi connectivity index (χ0) is 26.6. The van der Waals surface area contributed by atoms with Gasteiger partial charge in [0.2, 0.25) is 0 Å². The Morgan fingerprint density at radius 1 is 0.676 bits per heavy atom. The normalized spacial score (nSPS) is 13.2. The highest BCUT2D eigenvalue weighted by Crippen LogP contribution is 2.59. The Kier molecular flexibility index (Phi) is 6.33. The molecule has 0 aliphatic heterocycles. The van der Waals surface area contributed by atoms with Crippen LogP contribution in [0.3, 0.4) is 0 Å². The van der Waals surface area contributed by atoms with Crippen LogP contribution in [0.25, 0.3) is 0 Å². The number of hydrogen-bond acceptors (Lipinski definition) is 4. The first-order chi connectivity index (χ1) is 15.1. The van der Waals surface area contributed by atoms with Crippen LogP contribution >= 0.6 is 0 Å². The van der Waals surface area contributed by atoms with Crippen molar-refractivity contribution in [2.24, 2.45) is 0 Å². The second-order valence-corrected chi connectivity index (χ2v) is 6.25. The Morgan fingerprint density at radius 2 is 1.06 bits per heavy atom. The van der Waals surface area contributed by atoms with Crippen LogP contribution in [0.5, 0.6) is 23.0 Å². The fourth-order valence-electron chi connectivity index (χ4n) is 2.78. The molecule has 3 N–H and O–H groups in total. The Hall–Kier alpha value is -3.53. The molecule has 0 unspecified atom stereocenters. The predicted molar refractivity (Wildman–Crippen MR) is 83.3 cm³/mol. The average Bonchev–Trinajstić information content (AvgIpc) is 2.57. The van der Waals surface area contributed by atoms with Gasteiger partial charge in [-0.2, -0.15) is 52.7 Å². The Morgan fingerprint density at radius 3 is 1.35 bits per heavy atom. The summed E-state index contributed by atoms with van der Waals surface area (Å²) in [6, 6.07) is 0.636. The topological polar surface area (TPSA) is 87.0 Å². The number of benzene rings is 2. The van der Waals surface area contributed by atoms with E-state index in [0.29, 0.717) is 6.07 Å². The molecular formula is C17H6F12O5. The molecule has 2 aromatic carbocycles. The Bertz CT molecular complexity index is 1070. The summed E-state index contributed by atoms with van der Waals surface area (Å²) in [5.41, 5.74) is -14.9. The average molecular weight is 518 g/mol. The number of carboxylic acids is 1. The lowest BCUT2D eigenvalue weighted by Gasteiger charge is -2.27. The van der Waals surface area contributed by atoms with E-state index in [1.807, 2.05) is 0 Å². The molecule has 0 saturated carbocycles. The number of phenolic OH excluding ortho intramolecular Hbond substituents is 1. The van der Waals surface area contributed by atoms with E-state index in [1.165, 1.54) is 0 Å². The van der Waals surface area contributed by atoms with Gasteiger partial charge in [-0.1, -0.05) is 0 Å². The molecule has 0 aromatic heterocycles. The smallest absolute Gasteiger partial charge is 0.420 e. The van der Waals surface area contributed by atoms with Crippen LogP contribution in [0.1, 0.15) is 32.6 Å². The molecule has 5 nitrogen and oxygen atoms in total. The van der Waals surface area contributed by atoms with Crippen LogP contribution in [0.2, 0.25) is 0 Å². The standard InChI is InChI=1S/C17H6F12O5/c18-14(19,20)7-9(16(24,25)26)12(34-4-1-2-5(13(32)33)6(30)3-4)10(17(27,28)29)8(11(7)31)15(21,22)23/h1-3,30-31H,(H,32,33). The van der Waals surface area contributed by atoms with Crippen molar-refractivity contribution in [2.75, 3.05) is 0 Å². The minimum Gasteiger partial charge on any atom is -0.507 e. The number of ether oxygens (including phenoxy) is 1. The monoisotopic (exact) mass is 518 g/mol. The first-order valence-corrected chi connectivity index (χ1v) is 8.04. The second kappa shape index (κ2) is 8.05. The number of hydrogen-bond donors (Lipinski definition) is 3. The second-order valence-electron chi connectivity index (χ2n) is 6.25. The van der Waals surface area contributed by atoms with Gasteiger partial charge >= 0.3 is 30.7 Å². The molecule has 0 aliphatic rings. The number of aromatic carboxylic acids is 1. The molecule has 2 aromatic rings. The maximum Gasteiger partial charge on any atom is 0.420 e. The lowest BCUT2D eigenvalue weighted by molar-refractivity contribution is -0.174. The van der Waals surface area contributed by atoms with Gasteiger partial charge in [0.25, 0.3) is 0 Å². The lowest BCUT2D eigenvalue weighted by atomic mass is 9.93. The van der Waals surface area contributed by atoms with E-state index < -0.39 is 81.5 Å². The van der Waals surface area contributed by atoms with Gasteiger partial charge in [-0.05, 0) is 12.1 Å². The number of aromatic hydroxyl groups is 2. The summed E-state index contributed by atoms with van der Waals surface area (Å²) in [4.78, 5) is 10.8. The van der Waals surface area contributed by atoms with Gasteiger partial charge in [0.1, 0.15) is 45.1 Å². The number of rotatable bonds is 3. The third-order valence-corrected chi connectivity index (χ3v) is 3.98. The zero-order valence-corrected chi connectivity index (χ0v) is 15.4. The van der Waals surface area contributed by atoms with Crippen LogP contribution in [-0.4, -0.2) is 21.3 Å². The van der Waals surface area contributed by atoms with E-state index in [-0.39, 0.29) is 12.1 Å². The maximum absolute atomic E-state index is 13.5. The summed E-state index contributed by atoms with van der Waals surface area (Å²) in [6.07, 6.45) is -25.9. The molecule has 0 spiro atoms. The number of carbonyl (C=O) groups is 1. The fraction of sp³-hybridized carbons (Fsp3) is 0.235. The highest BCUT2D eigenvalue weighted by atomic mass is 19.4. The van der Waals surface area contributed by atoms with Crippen LogP contribution in [0.15, 0.2) is 18.2 Å². The molecule has 0 aliphatic carbocycles. The van der Waals surface area contributed by atoms with E-state index in [1.54, 1.807) is 0 Å². The van der Waals surface area contributed by atoms with Crippen LogP contribution in [0.4, 0.5) is 52.7 Å². The quantitative estimate of drug-likeness (QED) is 0.396. The Balaban J connectivity index is 3.14. The molecular weight excluding hydrogens is 512 g/mol. The molecule has 2 rings (SSSR count). The number of phenols is 2. The van der Waals surface area contributed by atoms with Gasteiger partial charge < -0.3 is 20.1 Å². The number of carboxylic acid groups (broad SMARTS) is 1. The minimum absolute atomic E-state index is 0.0388. The van der Waals surface area contributed by atoms with Gasteiger partial charge in [0, 0.05) is 6.07 Å². The van der Waals surface area contributed by atoms with Gasteiger partial charge in [-0.15, -0.1) is 0 Å². The molecule has 0 fully saturated rings. The van der Waals surface area contributed by atoms with E-state index >= 15 is 0 Å². The van der Waals surface area contributed by atoms with Crippen molar-refractivity contribution in [1.82, 2.24) is 0 Å². The van der Waals surface area contributed by atoms with Crippen LogP contribution < -0.4 is 4.74 Å². The summed E-state index contributed by atoms with van der Waals surface area (Å²) >= 11 is 0. The molecule has 0 radical (unpaired) electrons. The van der Waals surface area contributed by atoms with Gasteiger partial charge in [0.15, 0.2) is 5.75 Å². The number of halogens is 12. The molecule has 0 saturated heterocycles. The zero-order valence-electron chi connectivity index (χ0n) is 15.4. The van der Waals surface area contributed by atoms with Crippen LogP contribution in [0, 0.1) is 0 Å². The minimum atomic E-state index is -6.47.